The standard InChI is InChI=1S/C31H46N4P2Si2/c1-38(2,3)25-18-24(31(37,28-32-9-7-10-33-28)29-34-11-8-12-35-29)26(27(25)39(4,5)6)30(19-36)22-14-20-13-21(16-22)17-23(30)15-20/h7-12,18,20-23,25H,13-17,19,36-37H2,1-6H3. The molecule has 0 amide bonds. The number of aromatic nitrogens is 4. The molecule has 2 heterocycles. The summed E-state index contributed by atoms with van der Waals surface area (Å²) in [6.07, 6.45) is 18.5. The van der Waals surface area contributed by atoms with Crippen molar-refractivity contribution in [2.24, 2.45) is 29.1 Å². The first kappa shape index (κ1) is 28.1. The largest absolute Gasteiger partial charge is 0.240 e. The van der Waals surface area contributed by atoms with E-state index in [1.807, 2.05) is 42.1 Å². The molecule has 0 spiro atoms. The van der Waals surface area contributed by atoms with Crippen LogP contribution in [0.3, 0.4) is 0 Å². The lowest BCUT2D eigenvalue weighted by atomic mass is 9.43. The van der Waals surface area contributed by atoms with Crippen LogP contribution in [0.1, 0.15) is 43.8 Å². The molecule has 4 fully saturated rings. The van der Waals surface area contributed by atoms with Crippen LogP contribution < -0.4 is 0 Å². The molecule has 4 saturated carbocycles. The van der Waals surface area contributed by atoms with E-state index in [0.29, 0.717) is 5.54 Å². The van der Waals surface area contributed by atoms with Gasteiger partial charge in [0.1, 0.15) is 16.8 Å². The summed E-state index contributed by atoms with van der Waals surface area (Å²) in [6, 6.07) is 3.83. The van der Waals surface area contributed by atoms with Gasteiger partial charge in [0, 0.05) is 30.2 Å². The molecular formula is C31H46N4P2Si2. The van der Waals surface area contributed by atoms with Crippen LogP contribution in [0.15, 0.2) is 59.3 Å². The molecule has 2 aromatic heterocycles. The second-order valence-corrected chi connectivity index (χ2v) is 26.6. The van der Waals surface area contributed by atoms with E-state index in [-0.39, 0.29) is 5.41 Å². The van der Waals surface area contributed by atoms with Gasteiger partial charge in [0.15, 0.2) is 0 Å². The van der Waals surface area contributed by atoms with Crippen molar-refractivity contribution in [2.45, 2.75) is 82.1 Å². The zero-order chi connectivity index (χ0) is 27.8. The van der Waals surface area contributed by atoms with Crippen molar-refractivity contribution in [2.75, 3.05) is 6.16 Å². The van der Waals surface area contributed by atoms with Crippen LogP contribution in [-0.2, 0) is 5.16 Å². The van der Waals surface area contributed by atoms with E-state index in [4.69, 9.17) is 19.9 Å². The maximum absolute atomic E-state index is 4.91. The fraction of sp³-hybridized carbons (Fsp3) is 0.613. The van der Waals surface area contributed by atoms with Crippen molar-refractivity contribution in [1.29, 1.82) is 0 Å². The topological polar surface area (TPSA) is 51.6 Å². The van der Waals surface area contributed by atoms with Crippen molar-refractivity contribution in [1.82, 2.24) is 19.9 Å². The molecule has 7 rings (SSSR count). The predicted octanol–water partition coefficient (Wildman–Crippen LogP) is 7.53. The highest BCUT2D eigenvalue weighted by Gasteiger charge is 2.62. The Labute approximate surface area is 242 Å². The van der Waals surface area contributed by atoms with Crippen LogP contribution in [0.5, 0.6) is 0 Å². The normalized spacial score (nSPS) is 32.6. The molecule has 3 atom stereocenters. The number of nitrogens with zero attached hydrogens (tertiary/aromatic N) is 4. The summed E-state index contributed by atoms with van der Waals surface area (Å²) in [5.74, 6) is 4.98. The van der Waals surface area contributed by atoms with Crippen LogP contribution in [0.4, 0.5) is 0 Å². The van der Waals surface area contributed by atoms with Crippen molar-refractivity contribution < 1.29 is 0 Å². The Hall–Kier alpha value is -1.07. The predicted molar refractivity (Wildman–Crippen MR) is 174 cm³/mol. The van der Waals surface area contributed by atoms with Gasteiger partial charge in [0.2, 0.25) is 0 Å². The third kappa shape index (κ3) is 4.34. The molecule has 5 aliphatic rings. The van der Waals surface area contributed by atoms with E-state index < -0.39 is 21.3 Å². The molecule has 0 saturated heterocycles. The molecule has 4 nitrogen and oxygen atoms in total. The fourth-order valence-corrected chi connectivity index (χ4v) is 17.0. The van der Waals surface area contributed by atoms with E-state index in [1.165, 1.54) is 37.7 Å². The lowest BCUT2D eigenvalue weighted by Crippen LogP contribution is -2.56. The van der Waals surface area contributed by atoms with E-state index in [0.717, 1.165) is 41.5 Å². The molecule has 4 bridgehead atoms. The summed E-state index contributed by atoms with van der Waals surface area (Å²) in [5, 5.41) is 1.14. The Balaban J connectivity index is 1.69. The minimum atomic E-state index is -1.72. The zero-order valence-corrected chi connectivity index (χ0v) is 28.9. The fourth-order valence-electron chi connectivity index (χ4n) is 9.20. The molecule has 8 heteroatoms. The first-order valence-electron chi connectivity index (χ1n) is 14.9. The van der Waals surface area contributed by atoms with Gasteiger partial charge in [-0.25, -0.2) is 19.9 Å². The molecule has 208 valence electrons. The van der Waals surface area contributed by atoms with Gasteiger partial charge >= 0.3 is 0 Å². The molecule has 2 aromatic rings. The van der Waals surface area contributed by atoms with Crippen LogP contribution in [-0.4, -0.2) is 42.2 Å². The van der Waals surface area contributed by atoms with Gasteiger partial charge < -0.3 is 0 Å². The lowest BCUT2D eigenvalue weighted by molar-refractivity contribution is -0.0737. The first-order chi connectivity index (χ1) is 18.4. The van der Waals surface area contributed by atoms with Crippen molar-refractivity contribution >= 4 is 34.6 Å². The lowest BCUT2D eigenvalue weighted by Gasteiger charge is -2.63. The second-order valence-electron chi connectivity index (χ2n) is 15.0. The molecular weight excluding hydrogens is 546 g/mol. The summed E-state index contributed by atoms with van der Waals surface area (Å²) >= 11 is 0. The summed E-state index contributed by atoms with van der Waals surface area (Å²) in [7, 11) is 3.17. The van der Waals surface area contributed by atoms with Gasteiger partial charge in [-0.3, -0.25) is 0 Å². The minimum absolute atomic E-state index is 0.194. The SMILES string of the molecule is C[Si](C)(C)C1=C(C2(CP)C3CC4CC(C3)CC2C4)C(C(P)(c2ncccn2)c2ncccn2)=CC1[Si](C)(C)C. The van der Waals surface area contributed by atoms with Crippen molar-refractivity contribution in [3.05, 3.63) is 71.0 Å². The number of hydrogen-bond acceptors (Lipinski definition) is 4. The van der Waals surface area contributed by atoms with E-state index in [1.54, 1.807) is 5.57 Å². The Morgan fingerprint density at radius 1 is 0.795 bits per heavy atom. The summed E-state index contributed by atoms with van der Waals surface area (Å²) in [6.45, 7) is 15.5. The highest BCUT2D eigenvalue weighted by molar-refractivity contribution is 7.19. The quantitative estimate of drug-likeness (QED) is 0.246. The maximum atomic E-state index is 4.91. The molecule has 0 radical (unpaired) electrons. The summed E-state index contributed by atoms with van der Waals surface area (Å²) < 4.78 is 0. The second kappa shape index (κ2) is 9.75. The van der Waals surface area contributed by atoms with Crippen molar-refractivity contribution in [3.8, 4) is 0 Å². The van der Waals surface area contributed by atoms with Crippen LogP contribution in [0, 0.1) is 29.1 Å². The molecule has 0 aliphatic heterocycles. The number of rotatable bonds is 7. The van der Waals surface area contributed by atoms with E-state index >= 15 is 0 Å². The third-order valence-electron chi connectivity index (χ3n) is 10.6. The Morgan fingerprint density at radius 3 is 1.64 bits per heavy atom. The smallest absolute Gasteiger partial charge is 0.150 e. The Bertz CT molecular complexity index is 1230. The molecule has 39 heavy (non-hydrogen) atoms. The van der Waals surface area contributed by atoms with Gasteiger partial charge in [-0.15, -0.1) is 18.5 Å². The highest BCUT2D eigenvalue weighted by atomic mass is 31.0. The van der Waals surface area contributed by atoms with Crippen LogP contribution in [0.2, 0.25) is 44.8 Å². The summed E-state index contributed by atoms with van der Waals surface area (Å²) in [5.41, 5.74) is 3.82. The van der Waals surface area contributed by atoms with E-state index in [9.17, 15) is 0 Å². The van der Waals surface area contributed by atoms with Gasteiger partial charge in [-0.2, -0.15) is 0 Å². The average Bonchev–Trinajstić information content (AvgIpc) is 3.32. The van der Waals surface area contributed by atoms with Gasteiger partial charge in [0.05, 0.1) is 16.1 Å². The van der Waals surface area contributed by atoms with Crippen LogP contribution >= 0.6 is 18.5 Å². The Kier molecular flexibility index (Phi) is 7.02. The Morgan fingerprint density at radius 2 is 1.26 bits per heavy atom. The monoisotopic (exact) mass is 592 g/mol. The van der Waals surface area contributed by atoms with Gasteiger partial charge in [-0.1, -0.05) is 50.6 Å². The minimum Gasteiger partial charge on any atom is -0.240 e. The van der Waals surface area contributed by atoms with Crippen LogP contribution in [0.25, 0.3) is 0 Å². The summed E-state index contributed by atoms with van der Waals surface area (Å²) in [4.78, 5) is 19.6. The maximum Gasteiger partial charge on any atom is 0.150 e. The van der Waals surface area contributed by atoms with Gasteiger partial charge in [0.25, 0.3) is 0 Å². The number of hydrogen-bond donors (Lipinski definition) is 0. The molecule has 0 aromatic carbocycles. The van der Waals surface area contributed by atoms with E-state index in [2.05, 4.69) is 63.8 Å². The number of allylic oxidation sites excluding steroid dienone is 4. The van der Waals surface area contributed by atoms with Crippen molar-refractivity contribution in [3.63, 3.8) is 0 Å². The zero-order valence-electron chi connectivity index (χ0n) is 24.6. The first-order valence-corrected chi connectivity index (χ1v) is 23.4. The van der Waals surface area contributed by atoms with Gasteiger partial charge in [-0.05, 0) is 90.8 Å². The highest BCUT2D eigenvalue weighted by Crippen LogP contribution is 2.70. The average molecular weight is 593 g/mol. The molecule has 5 aliphatic carbocycles. The molecule has 0 N–H and O–H groups in total. The molecule has 3 unspecified atom stereocenters. The third-order valence-corrected chi connectivity index (χ3v) is 16.9.